The van der Waals surface area contributed by atoms with Crippen molar-refractivity contribution in [2.24, 2.45) is 11.1 Å². The molecule has 0 saturated carbocycles. The molecule has 0 aromatic carbocycles. The van der Waals surface area contributed by atoms with Crippen LogP contribution in [0, 0.1) is 5.41 Å². The summed E-state index contributed by atoms with van der Waals surface area (Å²) in [6.07, 6.45) is 0.669. The Hall–Kier alpha value is -1.89. The summed E-state index contributed by atoms with van der Waals surface area (Å²) >= 11 is 0. The van der Waals surface area contributed by atoms with Crippen LogP contribution in [0.3, 0.4) is 0 Å². The van der Waals surface area contributed by atoms with E-state index in [1.54, 1.807) is 4.90 Å². The van der Waals surface area contributed by atoms with Gasteiger partial charge in [-0.05, 0) is 26.7 Å². The molecular weight excluding hydrogens is 394 g/mol. The number of carbonyl (C=O) groups is 2. The molecule has 11 nitrogen and oxygen atoms in total. The molecule has 2 atom stereocenters. The first kappa shape index (κ1) is 20.8. The van der Waals surface area contributed by atoms with Crippen molar-refractivity contribution in [3.63, 3.8) is 0 Å². The van der Waals surface area contributed by atoms with Gasteiger partial charge < -0.3 is 20.1 Å². The molecule has 0 aromatic rings. The number of hydroxylamine groups is 2. The summed E-state index contributed by atoms with van der Waals surface area (Å²) in [4.78, 5) is 25.3. The number of carbonyl (C=O) groups excluding carboxylic acids is 2. The molecule has 0 aliphatic carbocycles. The maximum Gasteiger partial charge on any atom is 0.421 e. The number of hydrogen-bond acceptors (Lipinski definition) is 10. The van der Waals surface area contributed by atoms with E-state index in [2.05, 4.69) is 6.58 Å². The lowest BCUT2D eigenvalue weighted by Crippen LogP contribution is -2.46. The number of nitrogens with zero attached hydrogens (tertiary/aromatic N) is 2. The maximum absolute atomic E-state index is 12.3. The van der Waals surface area contributed by atoms with Crippen LogP contribution in [0.4, 0.5) is 0 Å². The molecule has 0 aromatic heterocycles. The molecule has 3 saturated heterocycles. The second-order valence-electron chi connectivity index (χ2n) is 7.74. The van der Waals surface area contributed by atoms with Crippen LogP contribution in [0.2, 0.25) is 0 Å². The number of amides is 1. The molecule has 3 heterocycles. The molecule has 2 N–H and O–H groups in total. The van der Waals surface area contributed by atoms with Crippen molar-refractivity contribution in [1.29, 1.82) is 0 Å². The highest BCUT2D eigenvalue weighted by Gasteiger charge is 2.46. The first-order valence-corrected chi connectivity index (χ1v) is 10.3. The number of hydrogen-bond donors (Lipinski definition) is 1. The third-order valence-electron chi connectivity index (χ3n) is 4.97. The second kappa shape index (κ2) is 7.50. The molecule has 3 fully saturated rings. The van der Waals surface area contributed by atoms with Crippen LogP contribution in [-0.2, 0) is 37.9 Å². The van der Waals surface area contributed by atoms with Gasteiger partial charge in [-0.3, -0.25) is 9.59 Å². The Morgan fingerprint density at radius 2 is 2.00 bits per heavy atom. The van der Waals surface area contributed by atoms with Crippen LogP contribution in [0.15, 0.2) is 12.4 Å². The van der Waals surface area contributed by atoms with Crippen molar-refractivity contribution in [2.45, 2.75) is 44.9 Å². The Kier molecular flexibility index (Phi) is 5.58. The van der Waals surface area contributed by atoms with Crippen molar-refractivity contribution in [3.8, 4) is 0 Å². The third-order valence-corrected chi connectivity index (χ3v) is 5.72. The highest BCUT2D eigenvalue weighted by Crippen LogP contribution is 2.35. The van der Waals surface area contributed by atoms with Crippen LogP contribution in [0.5, 0.6) is 0 Å². The number of esters is 1. The lowest BCUT2D eigenvalue weighted by Gasteiger charge is -2.30. The number of fused-ring (bicyclic) bond motifs is 2. The summed E-state index contributed by atoms with van der Waals surface area (Å²) in [5, 5.41) is 1.12. The largest absolute Gasteiger partial charge is 0.457 e. The Balaban J connectivity index is 1.57. The van der Waals surface area contributed by atoms with E-state index < -0.39 is 40.3 Å². The molecule has 1 amide bonds. The Labute approximate surface area is 163 Å². The molecule has 0 spiro atoms. The zero-order valence-electron chi connectivity index (χ0n) is 15.8. The van der Waals surface area contributed by atoms with Crippen molar-refractivity contribution in [3.05, 3.63) is 12.4 Å². The summed E-state index contributed by atoms with van der Waals surface area (Å²) in [5.41, 5.74) is 4.18. The normalized spacial score (nSPS) is 25.6. The summed E-state index contributed by atoms with van der Waals surface area (Å²) < 4.78 is 44.7. The van der Waals surface area contributed by atoms with Crippen molar-refractivity contribution >= 4 is 22.3 Å². The summed E-state index contributed by atoms with van der Waals surface area (Å²) in [6.45, 7) is 7.38. The third kappa shape index (κ3) is 4.24. The SMILES string of the molecule is C=C1N2C[C@@H](CC[C@H]2C(N)=O)N1OS(=O)(=O)OCC(C)(C)C(=O)OC1COC1. The number of piperidine rings is 1. The van der Waals surface area contributed by atoms with Crippen LogP contribution in [-0.4, -0.2) is 74.8 Å². The highest BCUT2D eigenvalue weighted by molar-refractivity contribution is 7.81. The van der Waals surface area contributed by atoms with Gasteiger partial charge in [-0.2, -0.15) is 8.42 Å². The zero-order chi connectivity index (χ0) is 20.7. The minimum Gasteiger partial charge on any atom is -0.457 e. The smallest absolute Gasteiger partial charge is 0.421 e. The average Bonchev–Trinajstić information content (AvgIpc) is 2.80. The van der Waals surface area contributed by atoms with Gasteiger partial charge in [0.25, 0.3) is 0 Å². The standard InChI is InChI=1S/C16H25N3O8S/c1-10-18-6-11(4-5-13(18)14(17)20)19(10)27-28(22,23)25-9-16(2,3)15(21)26-12-7-24-8-12/h11-13H,1,4-9H2,2-3H3,(H2,17,20)/t11-,13+/m1/s1. The monoisotopic (exact) mass is 419 g/mol. The van der Waals surface area contributed by atoms with Gasteiger partial charge in [-0.25, -0.2) is 9.25 Å². The molecule has 0 radical (unpaired) electrons. The number of ether oxygens (including phenoxy) is 2. The molecule has 158 valence electrons. The fourth-order valence-electron chi connectivity index (χ4n) is 3.16. The van der Waals surface area contributed by atoms with Gasteiger partial charge in [0.1, 0.15) is 18.0 Å². The fourth-order valence-corrected chi connectivity index (χ4v) is 4.04. The van der Waals surface area contributed by atoms with Crippen LogP contribution in [0.1, 0.15) is 26.7 Å². The van der Waals surface area contributed by atoms with Gasteiger partial charge in [0.05, 0.1) is 31.3 Å². The van der Waals surface area contributed by atoms with Gasteiger partial charge in [-0.15, -0.1) is 4.28 Å². The minimum atomic E-state index is -4.47. The average molecular weight is 419 g/mol. The van der Waals surface area contributed by atoms with Gasteiger partial charge in [-0.1, -0.05) is 6.58 Å². The molecule has 12 heteroatoms. The lowest BCUT2D eigenvalue weighted by atomic mass is 9.95. The van der Waals surface area contributed by atoms with Crippen LogP contribution < -0.4 is 5.73 Å². The van der Waals surface area contributed by atoms with E-state index in [4.69, 9.17) is 23.7 Å². The number of primary amides is 1. The molecule has 3 aliphatic heterocycles. The van der Waals surface area contributed by atoms with Crippen molar-refractivity contribution in [2.75, 3.05) is 26.4 Å². The Bertz CT molecular complexity index is 764. The predicted octanol–water partition coefficient (Wildman–Crippen LogP) is -0.747. The quantitative estimate of drug-likeness (QED) is 0.500. The van der Waals surface area contributed by atoms with Gasteiger partial charge in [0, 0.05) is 6.54 Å². The second-order valence-corrected chi connectivity index (χ2v) is 8.94. The molecule has 3 rings (SSSR count). The van der Waals surface area contributed by atoms with E-state index >= 15 is 0 Å². The van der Waals surface area contributed by atoms with E-state index in [1.165, 1.54) is 13.8 Å². The number of nitrogens with two attached hydrogens (primary N) is 1. The van der Waals surface area contributed by atoms with Crippen LogP contribution >= 0.6 is 0 Å². The fraction of sp³-hybridized carbons (Fsp3) is 0.750. The van der Waals surface area contributed by atoms with E-state index in [9.17, 15) is 18.0 Å². The summed E-state index contributed by atoms with van der Waals surface area (Å²) in [5.74, 6) is -0.868. The van der Waals surface area contributed by atoms with Crippen molar-refractivity contribution < 1.29 is 35.9 Å². The minimum absolute atomic E-state index is 0.224. The van der Waals surface area contributed by atoms with Gasteiger partial charge in [0.2, 0.25) is 5.91 Å². The zero-order valence-corrected chi connectivity index (χ0v) is 16.6. The first-order chi connectivity index (χ1) is 13.0. The summed E-state index contributed by atoms with van der Waals surface area (Å²) in [7, 11) is -4.47. The number of rotatable bonds is 8. The molecule has 3 aliphatic rings. The van der Waals surface area contributed by atoms with Crippen molar-refractivity contribution in [1.82, 2.24) is 9.96 Å². The topological polar surface area (TPSA) is 138 Å². The molecule has 2 bridgehead atoms. The van der Waals surface area contributed by atoms with E-state index in [-0.39, 0.29) is 18.0 Å². The molecule has 0 unspecified atom stereocenters. The highest BCUT2D eigenvalue weighted by atomic mass is 32.3. The predicted molar refractivity (Wildman–Crippen MR) is 94.1 cm³/mol. The lowest BCUT2D eigenvalue weighted by molar-refractivity contribution is -0.183. The van der Waals surface area contributed by atoms with Gasteiger partial charge in [0.15, 0.2) is 0 Å². The van der Waals surface area contributed by atoms with E-state index in [0.717, 1.165) is 5.06 Å². The van der Waals surface area contributed by atoms with Gasteiger partial charge >= 0.3 is 16.4 Å². The molecular formula is C16H25N3O8S. The Morgan fingerprint density at radius 1 is 1.32 bits per heavy atom. The summed E-state index contributed by atoms with van der Waals surface area (Å²) in [6, 6.07) is -0.844. The Morgan fingerprint density at radius 3 is 2.57 bits per heavy atom. The van der Waals surface area contributed by atoms with E-state index in [0.29, 0.717) is 32.6 Å². The van der Waals surface area contributed by atoms with Crippen LogP contribution in [0.25, 0.3) is 0 Å². The van der Waals surface area contributed by atoms with E-state index in [1.807, 2.05) is 0 Å². The molecule has 28 heavy (non-hydrogen) atoms. The first-order valence-electron chi connectivity index (χ1n) is 8.92. The maximum atomic E-state index is 12.3.